The van der Waals surface area contributed by atoms with Crippen LogP contribution in [0.5, 0.6) is 0 Å². The van der Waals surface area contributed by atoms with Gasteiger partial charge in [0.2, 0.25) is 0 Å². The molecule has 0 heterocycles. The van der Waals surface area contributed by atoms with Crippen molar-refractivity contribution < 1.29 is 33.7 Å². The lowest BCUT2D eigenvalue weighted by Crippen LogP contribution is -2.29. The molecule has 0 saturated carbocycles. The summed E-state index contributed by atoms with van der Waals surface area (Å²) in [7, 11) is -18.6. The quantitative estimate of drug-likeness (QED) is 0.310. The third-order valence-corrected chi connectivity index (χ3v) is 14.3. The molecule has 0 fully saturated rings. The Hall–Kier alpha value is -0.460. The molecule has 0 aromatic carbocycles. The van der Waals surface area contributed by atoms with Crippen LogP contribution in [0.3, 0.4) is 0 Å². The molecule has 0 aromatic rings. The second-order valence-corrected chi connectivity index (χ2v) is 16.0. The standard InChI is InChI=1S/C18H36O8S4/c1-5-9-13-27(19,20)17(28(21,22)14-10-6-2)18(29(23,24)15-11-7-3)30(25,26)16-12-8-4/h5-16H2,1-4H3. The fourth-order valence-electron chi connectivity index (χ4n) is 2.60. The molecule has 0 aliphatic heterocycles. The molecule has 0 aliphatic rings. The molecule has 12 heteroatoms. The Kier molecular flexibility index (Phi) is 12.4. The molecule has 0 N–H and O–H groups in total. The van der Waals surface area contributed by atoms with Crippen molar-refractivity contribution in [2.75, 3.05) is 23.0 Å². The zero-order valence-electron chi connectivity index (χ0n) is 18.4. The van der Waals surface area contributed by atoms with Crippen molar-refractivity contribution in [3.05, 3.63) is 8.47 Å². The molecule has 0 rings (SSSR count). The molecule has 0 aliphatic carbocycles. The van der Waals surface area contributed by atoms with Gasteiger partial charge in [-0.2, -0.15) is 0 Å². The summed E-state index contributed by atoms with van der Waals surface area (Å²) in [5, 5.41) is 0. The summed E-state index contributed by atoms with van der Waals surface area (Å²) in [4.78, 5) is 0. The van der Waals surface area contributed by atoms with Crippen molar-refractivity contribution in [1.29, 1.82) is 0 Å². The third-order valence-electron chi connectivity index (χ3n) is 4.36. The molecule has 0 atom stereocenters. The van der Waals surface area contributed by atoms with E-state index in [2.05, 4.69) is 0 Å². The van der Waals surface area contributed by atoms with Gasteiger partial charge in [-0.15, -0.1) is 0 Å². The van der Waals surface area contributed by atoms with Gasteiger partial charge in [-0.25, -0.2) is 33.7 Å². The Balaban J connectivity index is 7.35. The van der Waals surface area contributed by atoms with Gasteiger partial charge in [-0.05, 0) is 25.7 Å². The number of hydrogen-bond donors (Lipinski definition) is 0. The summed E-state index contributed by atoms with van der Waals surface area (Å²) in [5.74, 6) is -2.50. The highest BCUT2D eigenvalue weighted by Gasteiger charge is 2.43. The minimum atomic E-state index is -4.65. The maximum Gasteiger partial charge on any atom is 0.191 e. The highest BCUT2D eigenvalue weighted by atomic mass is 32.3. The predicted molar refractivity (Wildman–Crippen MR) is 122 cm³/mol. The normalized spacial score (nSPS) is 13.3. The van der Waals surface area contributed by atoms with Crippen LogP contribution in [0.15, 0.2) is 8.47 Å². The summed E-state index contributed by atoms with van der Waals surface area (Å²) < 4.78 is 101. The summed E-state index contributed by atoms with van der Waals surface area (Å²) >= 11 is 0. The molecular weight excluding hydrogens is 472 g/mol. The molecule has 0 bridgehead atoms. The Morgan fingerprint density at radius 2 is 0.567 bits per heavy atom. The van der Waals surface area contributed by atoms with E-state index in [1.807, 2.05) is 0 Å². The fourth-order valence-corrected chi connectivity index (χ4v) is 14.2. The van der Waals surface area contributed by atoms with E-state index in [1.54, 1.807) is 27.7 Å². The van der Waals surface area contributed by atoms with Gasteiger partial charge in [0.1, 0.15) is 0 Å². The smallest absolute Gasteiger partial charge is 0.191 e. The van der Waals surface area contributed by atoms with Crippen molar-refractivity contribution >= 4 is 39.3 Å². The van der Waals surface area contributed by atoms with Crippen LogP contribution >= 0.6 is 0 Å². The van der Waals surface area contributed by atoms with Crippen molar-refractivity contribution in [3.63, 3.8) is 0 Å². The van der Waals surface area contributed by atoms with Crippen LogP contribution in [-0.2, 0) is 39.3 Å². The second-order valence-electron chi connectivity index (χ2n) is 7.26. The largest absolute Gasteiger partial charge is 0.223 e. The van der Waals surface area contributed by atoms with Crippen molar-refractivity contribution in [1.82, 2.24) is 0 Å². The van der Waals surface area contributed by atoms with E-state index < -0.39 is 70.8 Å². The third kappa shape index (κ3) is 8.58. The van der Waals surface area contributed by atoms with Crippen molar-refractivity contribution in [2.45, 2.75) is 79.1 Å². The van der Waals surface area contributed by atoms with Gasteiger partial charge in [0.05, 0.1) is 23.0 Å². The highest BCUT2D eigenvalue weighted by Crippen LogP contribution is 2.32. The monoisotopic (exact) mass is 508 g/mol. The van der Waals surface area contributed by atoms with Crippen LogP contribution in [0, 0.1) is 0 Å². The number of hydrogen-bond acceptors (Lipinski definition) is 8. The Morgan fingerprint density at radius 3 is 0.700 bits per heavy atom. The van der Waals surface area contributed by atoms with E-state index in [1.165, 1.54) is 0 Å². The first-order chi connectivity index (χ1) is 13.7. The van der Waals surface area contributed by atoms with Crippen molar-refractivity contribution in [2.24, 2.45) is 0 Å². The molecule has 180 valence electrons. The predicted octanol–water partition coefficient (Wildman–Crippen LogP) is 2.97. The Bertz CT molecular complexity index is 824. The van der Waals surface area contributed by atoms with Crippen LogP contribution in [0.2, 0.25) is 0 Å². The van der Waals surface area contributed by atoms with E-state index in [0.717, 1.165) is 0 Å². The molecule has 0 radical (unpaired) electrons. The van der Waals surface area contributed by atoms with Gasteiger partial charge < -0.3 is 0 Å². The molecule has 0 aromatic heterocycles. The lowest BCUT2D eigenvalue weighted by molar-refractivity contribution is 0.582. The summed E-state index contributed by atoms with van der Waals surface area (Å²) in [6.07, 6.45) is 2.03. The van der Waals surface area contributed by atoms with Gasteiger partial charge in [0.15, 0.2) is 47.8 Å². The number of unbranched alkanes of at least 4 members (excludes halogenated alkanes) is 4. The lowest BCUT2D eigenvalue weighted by atomic mass is 10.4. The topological polar surface area (TPSA) is 137 Å². The van der Waals surface area contributed by atoms with Gasteiger partial charge in [0.25, 0.3) is 0 Å². The zero-order chi connectivity index (χ0) is 23.6. The molecule has 0 unspecified atom stereocenters. The Labute approximate surface area is 183 Å². The van der Waals surface area contributed by atoms with E-state index in [9.17, 15) is 33.7 Å². The second kappa shape index (κ2) is 12.5. The van der Waals surface area contributed by atoms with Crippen LogP contribution in [0.4, 0.5) is 0 Å². The van der Waals surface area contributed by atoms with Crippen LogP contribution in [-0.4, -0.2) is 56.7 Å². The molecule has 0 spiro atoms. The highest BCUT2D eigenvalue weighted by molar-refractivity contribution is 8.20. The van der Waals surface area contributed by atoms with Gasteiger partial charge >= 0.3 is 0 Å². The van der Waals surface area contributed by atoms with Crippen LogP contribution in [0.25, 0.3) is 0 Å². The first-order valence-electron chi connectivity index (χ1n) is 10.4. The lowest BCUT2D eigenvalue weighted by Gasteiger charge is -2.17. The fraction of sp³-hybridized carbons (Fsp3) is 0.889. The average Bonchev–Trinajstić information content (AvgIpc) is 2.65. The van der Waals surface area contributed by atoms with E-state index in [4.69, 9.17) is 0 Å². The van der Waals surface area contributed by atoms with Crippen molar-refractivity contribution in [3.8, 4) is 0 Å². The summed E-state index contributed by atoms with van der Waals surface area (Å²) in [5.41, 5.74) is 0. The molecule has 0 saturated heterocycles. The van der Waals surface area contributed by atoms with Crippen LogP contribution in [0.1, 0.15) is 79.1 Å². The first kappa shape index (κ1) is 29.5. The summed E-state index contributed by atoms with van der Waals surface area (Å²) in [6.45, 7) is 6.78. The number of sulfone groups is 4. The van der Waals surface area contributed by atoms with Gasteiger partial charge in [0, 0.05) is 0 Å². The minimum Gasteiger partial charge on any atom is -0.223 e. The molecule has 0 amide bonds. The van der Waals surface area contributed by atoms with Crippen LogP contribution < -0.4 is 0 Å². The zero-order valence-corrected chi connectivity index (χ0v) is 21.7. The number of rotatable bonds is 16. The Morgan fingerprint density at radius 1 is 0.400 bits per heavy atom. The van der Waals surface area contributed by atoms with Gasteiger partial charge in [-0.3, -0.25) is 0 Å². The maximum absolute atomic E-state index is 13.0. The molecule has 8 nitrogen and oxygen atoms in total. The molecular formula is C18H36O8S4. The van der Waals surface area contributed by atoms with Gasteiger partial charge in [-0.1, -0.05) is 53.4 Å². The summed E-state index contributed by atoms with van der Waals surface area (Å²) in [6, 6.07) is 0. The minimum absolute atomic E-state index is 0.0897. The van der Waals surface area contributed by atoms with E-state index in [0.29, 0.717) is 25.7 Å². The average molecular weight is 509 g/mol. The van der Waals surface area contributed by atoms with E-state index >= 15 is 0 Å². The van der Waals surface area contributed by atoms with E-state index in [-0.39, 0.29) is 25.7 Å². The maximum atomic E-state index is 13.0. The SMILES string of the molecule is CCCCS(=O)(=O)C(=C(S(=O)(=O)CCCC)S(=O)(=O)CCCC)S(=O)(=O)CCCC. The molecule has 30 heavy (non-hydrogen) atoms. The first-order valence-corrected chi connectivity index (χ1v) is 17.0.